The lowest BCUT2D eigenvalue weighted by Gasteiger charge is -2.11. The van der Waals surface area contributed by atoms with Crippen molar-refractivity contribution < 1.29 is 13.9 Å². The number of nitrogens with one attached hydrogen (secondary N) is 2. The number of rotatable bonds is 5. The Bertz CT molecular complexity index is 906. The molecule has 0 aliphatic carbocycles. The summed E-state index contributed by atoms with van der Waals surface area (Å²) in [5.41, 5.74) is 2.09. The lowest BCUT2D eigenvalue weighted by molar-refractivity contribution is 0.174. The van der Waals surface area contributed by atoms with Crippen LogP contribution >= 0.6 is 24.0 Å². The number of fused-ring (bicyclic) bond motifs is 2. The number of benzene rings is 2. The number of furan rings is 1. The smallest absolute Gasteiger partial charge is 0.231 e. The maximum Gasteiger partial charge on any atom is 0.231 e. The summed E-state index contributed by atoms with van der Waals surface area (Å²) in [6.07, 6.45) is 0.863. The van der Waals surface area contributed by atoms with Gasteiger partial charge < -0.3 is 24.5 Å². The Kier molecular flexibility index (Phi) is 6.44. The molecule has 6 nitrogen and oxygen atoms in total. The number of ether oxygens (including phenoxy) is 2. The first-order chi connectivity index (χ1) is 12.8. The van der Waals surface area contributed by atoms with E-state index in [1.807, 2.05) is 42.5 Å². The van der Waals surface area contributed by atoms with Crippen LogP contribution in [0.3, 0.4) is 0 Å². The number of para-hydroxylation sites is 1. The average molecular weight is 479 g/mol. The fourth-order valence-corrected chi connectivity index (χ4v) is 2.94. The molecule has 0 amide bonds. The van der Waals surface area contributed by atoms with Crippen molar-refractivity contribution in [2.75, 3.05) is 20.4 Å². The molecule has 1 aliphatic rings. The Morgan fingerprint density at radius 3 is 2.74 bits per heavy atom. The van der Waals surface area contributed by atoms with Gasteiger partial charge in [-0.05, 0) is 36.2 Å². The highest BCUT2D eigenvalue weighted by Gasteiger charge is 2.13. The first kappa shape index (κ1) is 19.3. The zero-order valence-electron chi connectivity index (χ0n) is 15.0. The van der Waals surface area contributed by atoms with Crippen LogP contribution in [0.15, 0.2) is 57.9 Å². The van der Waals surface area contributed by atoms with Crippen molar-refractivity contribution >= 4 is 40.9 Å². The molecule has 0 fully saturated rings. The van der Waals surface area contributed by atoms with Gasteiger partial charge in [-0.15, -0.1) is 24.0 Å². The first-order valence-electron chi connectivity index (χ1n) is 8.62. The van der Waals surface area contributed by atoms with Crippen LogP contribution in [-0.4, -0.2) is 26.3 Å². The van der Waals surface area contributed by atoms with Crippen LogP contribution in [0.5, 0.6) is 11.5 Å². The second-order valence-corrected chi connectivity index (χ2v) is 6.04. The molecule has 7 heteroatoms. The van der Waals surface area contributed by atoms with Gasteiger partial charge in [0.2, 0.25) is 6.79 Å². The third-order valence-electron chi connectivity index (χ3n) is 4.27. The molecular weight excluding hydrogens is 457 g/mol. The van der Waals surface area contributed by atoms with E-state index in [2.05, 4.69) is 21.7 Å². The van der Waals surface area contributed by atoms with E-state index >= 15 is 0 Å². The molecule has 0 atom stereocenters. The van der Waals surface area contributed by atoms with E-state index in [4.69, 9.17) is 13.9 Å². The van der Waals surface area contributed by atoms with Gasteiger partial charge in [-0.2, -0.15) is 0 Å². The standard InChI is InChI=1S/C20H21N3O3.HI/c1-21-20(23-12-16-11-15-4-2-3-5-17(15)26-16)22-9-8-14-6-7-18-19(10-14)25-13-24-18;/h2-7,10-11H,8-9,12-13H2,1H3,(H2,21,22,23);1H. The molecule has 0 spiro atoms. The predicted octanol–water partition coefficient (Wildman–Crippen LogP) is 3.69. The minimum Gasteiger partial charge on any atom is -0.459 e. The van der Waals surface area contributed by atoms with Crippen molar-refractivity contribution in [3.05, 3.63) is 59.9 Å². The van der Waals surface area contributed by atoms with E-state index in [0.29, 0.717) is 13.3 Å². The summed E-state index contributed by atoms with van der Waals surface area (Å²) in [6.45, 7) is 1.65. The van der Waals surface area contributed by atoms with E-state index in [1.165, 1.54) is 5.56 Å². The van der Waals surface area contributed by atoms with Crippen molar-refractivity contribution in [2.45, 2.75) is 13.0 Å². The molecule has 0 unspecified atom stereocenters. The zero-order valence-corrected chi connectivity index (χ0v) is 17.4. The van der Waals surface area contributed by atoms with Gasteiger partial charge in [0.15, 0.2) is 17.5 Å². The number of hydrogen-bond acceptors (Lipinski definition) is 4. The fourth-order valence-electron chi connectivity index (χ4n) is 2.94. The third-order valence-corrected chi connectivity index (χ3v) is 4.27. The third kappa shape index (κ3) is 4.65. The van der Waals surface area contributed by atoms with Crippen molar-refractivity contribution in [1.29, 1.82) is 0 Å². The van der Waals surface area contributed by atoms with Gasteiger partial charge in [-0.1, -0.05) is 24.3 Å². The Morgan fingerprint density at radius 1 is 1.04 bits per heavy atom. The SMILES string of the molecule is CN=C(NCCc1ccc2c(c1)OCO2)NCc1cc2ccccc2o1.I. The van der Waals surface area contributed by atoms with Crippen LogP contribution < -0.4 is 20.1 Å². The molecule has 4 rings (SSSR count). The molecule has 0 radical (unpaired) electrons. The van der Waals surface area contributed by atoms with Crippen LogP contribution in [0.2, 0.25) is 0 Å². The van der Waals surface area contributed by atoms with Crippen LogP contribution in [0.4, 0.5) is 0 Å². The summed E-state index contributed by atoms with van der Waals surface area (Å²) in [6, 6.07) is 16.1. The molecule has 0 saturated heterocycles. The largest absolute Gasteiger partial charge is 0.459 e. The van der Waals surface area contributed by atoms with E-state index in [1.54, 1.807) is 7.05 Å². The number of guanidine groups is 1. The quantitative estimate of drug-likeness (QED) is 0.332. The van der Waals surface area contributed by atoms with E-state index in [0.717, 1.165) is 47.2 Å². The molecule has 1 aromatic heterocycles. The Labute approximate surface area is 175 Å². The fraction of sp³-hybridized carbons (Fsp3) is 0.250. The maximum atomic E-state index is 5.81. The Morgan fingerprint density at radius 2 is 1.89 bits per heavy atom. The molecule has 2 aromatic carbocycles. The van der Waals surface area contributed by atoms with Crippen LogP contribution in [0.25, 0.3) is 11.0 Å². The van der Waals surface area contributed by atoms with Crippen LogP contribution in [0, 0.1) is 0 Å². The van der Waals surface area contributed by atoms with Crippen LogP contribution in [-0.2, 0) is 13.0 Å². The molecule has 1 aliphatic heterocycles. The molecule has 27 heavy (non-hydrogen) atoms. The summed E-state index contributed by atoms with van der Waals surface area (Å²) in [5.74, 6) is 3.25. The minimum absolute atomic E-state index is 0. The van der Waals surface area contributed by atoms with Gasteiger partial charge in [-0.3, -0.25) is 4.99 Å². The lowest BCUT2D eigenvalue weighted by Crippen LogP contribution is -2.37. The summed E-state index contributed by atoms with van der Waals surface area (Å²) in [7, 11) is 1.76. The maximum absolute atomic E-state index is 5.81. The van der Waals surface area contributed by atoms with Crippen molar-refractivity contribution in [3.63, 3.8) is 0 Å². The molecule has 0 saturated carbocycles. The van der Waals surface area contributed by atoms with E-state index < -0.39 is 0 Å². The van der Waals surface area contributed by atoms with Crippen LogP contribution in [0.1, 0.15) is 11.3 Å². The van der Waals surface area contributed by atoms with Crippen molar-refractivity contribution in [2.24, 2.45) is 4.99 Å². The Hall–Kier alpha value is -2.42. The summed E-state index contributed by atoms with van der Waals surface area (Å²) < 4.78 is 16.6. The molecule has 0 bridgehead atoms. The highest BCUT2D eigenvalue weighted by molar-refractivity contribution is 14.0. The van der Waals surface area contributed by atoms with E-state index in [9.17, 15) is 0 Å². The Balaban J connectivity index is 0.00000210. The first-order valence-corrected chi connectivity index (χ1v) is 8.62. The second-order valence-electron chi connectivity index (χ2n) is 6.04. The summed E-state index contributed by atoms with van der Waals surface area (Å²) in [4.78, 5) is 4.25. The molecule has 2 heterocycles. The van der Waals surface area contributed by atoms with Gasteiger partial charge in [0.25, 0.3) is 0 Å². The van der Waals surface area contributed by atoms with Gasteiger partial charge in [0, 0.05) is 19.0 Å². The number of nitrogens with zero attached hydrogens (tertiary/aromatic N) is 1. The lowest BCUT2D eigenvalue weighted by atomic mass is 10.1. The van der Waals surface area contributed by atoms with Gasteiger partial charge in [0.1, 0.15) is 11.3 Å². The van der Waals surface area contributed by atoms with Gasteiger partial charge >= 0.3 is 0 Å². The monoisotopic (exact) mass is 479 g/mol. The molecular formula is C20H22IN3O3. The number of hydrogen-bond donors (Lipinski definition) is 2. The van der Waals surface area contributed by atoms with Crippen molar-refractivity contribution in [1.82, 2.24) is 10.6 Å². The summed E-state index contributed by atoms with van der Waals surface area (Å²) in [5, 5.41) is 7.70. The molecule has 142 valence electrons. The highest BCUT2D eigenvalue weighted by Crippen LogP contribution is 2.32. The normalized spacial score (nSPS) is 12.7. The highest BCUT2D eigenvalue weighted by atomic mass is 127. The number of aliphatic imine (C=N–C) groups is 1. The van der Waals surface area contributed by atoms with Crippen molar-refractivity contribution in [3.8, 4) is 11.5 Å². The average Bonchev–Trinajstić information content (AvgIpc) is 3.30. The second kappa shape index (κ2) is 8.98. The topological polar surface area (TPSA) is 68.0 Å². The van der Waals surface area contributed by atoms with E-state index in [-0.39, 0.29) is 24.0 Å². The van der Waals surface area contributed by atoms with Gasteiger partial charge in [-0.25, -0.2) is 0 Å². The number of halogens is 1. The minimum atomic E-state index is 0. The molecule has 2 N–H and O–H groups in total. The summed E-state index contributed by atoms with van der Waals surface area (Å²) >= 11 is 0. The molecule has 3 aromatic rings. The zero-order chi connectivity index (χ0) is 17.8. The predicted molar refractivity (Wildman–Crippen MR) is 116 cm³/mol. The van der Waals surface area contributed by atoms with Gasteiger partial charge in [0.05, 0.1) is 6.54 Å².